The highest BCUT2D eigenvalue weighted by atomic mass is 16.8. The molecule has 0 saturated carbocycles. The van der Waals surface area contributed by atoms with Crippen LogP contribution in [0.15, 0.2) is 5.11 Å². The Morgan fingerprint density at radius 2 is 2.18 bits per heavy atom. The second kappa shape index (κ2) is 4.41. The molecule has 0 bridgehead atoms. The van der Waals surface area contributed by atoms with Gasteiger partial charge in [0.2, 0.25) is 0 Å². The fourth-order valence-electron chi connectivity index (χ4n) is 2.13. The Hall–Kier alpha value is -0.890. The van der Waals surface area contributed by atoms with Gasteiger partial charge in [-0.25, -0.2) is 0 Å². The van der Waals surface area contributed by atoms with E-state index in [-0.39, 0.29) is 0 Å². The monoisotopic (exact) mass is 245 g/mol. The van der Waals surface area contributed by atoms with E-state index in [1.54, 1.807) is 13.8 Å². The molecular formula is C9H15N3O5. The van der Waals surface area contributed by atoms with Crippen molar-refractivity contribution in [2.45, 2.75) is 50.3 Å². The minimum atomic E-state index is -1.13. The minimum Gasteiger partial charge on any atom is -0.394 e. The Balaban J connectivity index is 2.18. The van der Waals surface area contributed by atoms with Crippen molar-refractivity contribution in [2.24, 2.45) is 5.11 Å². The van der Waals surface area contributed by atoms with Gasteiger partial charge in [-0.15, -0.1) is 0 Å². The van der Waals surface area contributed by atoms with Gasteiger partial charge in [0.25, 0.3) is 0 Å². The summed E-state index contributed by atoms with van der Waals surface area (Å²) >= 11 is 0. The lowest BCUT2D eigenvalue weighted by molar-refractivity contribution is -0.217. The van der Waals surface area contributed by atoms with Crippen LogP contribution < -0.4 is 0 Å². The number of nitrogens with zero attached hydrogens (tertiary/aromatic N) is 3. The zero-order chi connectivity index (χ0) is 12.6. The van der Waals surface area contributed by atoms with Gasteiger partial charge in [-0.05, 0) is 19.4 Å². The van der Waals surface area contributed by atoms with Gasteiger partial charge in [-0.2, -0.15) is 0 Å². The van der Waals surface area contributed by atoms with Crippen LogP contribution in [0, 0.1) is 0 Å². The van der Waals surface area contributed by atoms with Crippen LogP contribution in [0.25, 0.3) is 10.4 Å². The van der Waals surface area contributed by atoms with Gasteiger partial charge >= 0.3 is 0 Å². The lowest BCUT2D eigenvalue weighted by Gasteiger charge is -2.25. The first-order valence-electron chi connectivity index (χ1n) is 5.33. The molecule has 0 aliphatic carbocycles. The van der Waals surface area contributed by atoms with Crippen LogP contribution in [0.4, 0.5) is 0 Å². The first kappa shape index (κ1) is 12.6. The molecule has 0 aromatic heterocycles. The molecule has 8 nitrogen and oxygen atoms in total. The molecule has 2 aliphatic heterocycles. The summed E-state index contributed by atoms with van der Waals surface area (Å²) in [6.07, 6.45) is -3.20. The lowest BCUT2D eigenvalue weighted by atomic mass is 10.0. The highest BCUT2D eigenvalue weighted by Gasteiger charge is 2.55. The van der Waals surface area contributed by atoms with Crippen molar-refractivity contribution in [3.63, 3.8) is 0 Å². The van der Waals surface area contributed by atoms with Crippen LogP contribution in [-0.4, -0.2) is 53.3 Å². The maximum atomic E-state index is 9.57. The lowest BCUT2D eigenvalue weighted by Crippen LogP contribution is -2.41. The molecule has 5 atom stereocenters. The van der Waals surface area contributed by atoms with Gasteiger partial charge < -0.3 is 24.4 Å². The van der Waals surface area contributed by atoms with E-state index in [2.05, 4.69) is 10.0 Å². The molecule has 2 saturated heterocycles. The van der Waals surface area contributed by atoms with Gasteiger partial charge in [0, 0.05) is 4.91 Å². The third-order valence-corrected chi connectivity index (χ3v) is 2.80. The number of ether oxygens (including phenoxy) is 3. The van der Waals surface area contributed by atoms with E-state index in [0.717, 1.165) is 0 Å². The summed E-state index contributed by atoms with van der Waals surface area (Å²) in [6.45, 7) is 2.96. The summed E-state index contributed by atoms with van der Waals surface area (Å²) in [7, 11) is 0. The van der Waals surface area contributed by atoms with Crippen molar-refractivity contribution < 1.29 is 24.4 Å². The van der Waals surface area contributed by atoms with Gasteiger partial charge in [-0.3, -0.25) is 0 Å². The largest absolute Gasteiger partial charge is 0.394 e. The topological polar surface area (TPSA) is 117 Å². The first-order valence-corrected chi connectivity index (χ1v) is 5.33. The summed E-state index contributed by atoms with van der Waals surface area (Å²) in [5, 5.41) is 22.0. The molecule has 0 amide bonds. The van der Waals surface area contributed by atoms with E-state index in [4.69, 9.17) is 24.8 Å². The Labute approximate surface area is 97.7 Å². The maximum absolute atomic E-state index is 9.57. The molecule has 0 aromatic carbocycles. The molecule has 17 heavy (non-hydrogen) atoms. The van der Waals surface area contributed by atoms with Crippen molar-refractivity contribution in [3.8, 4) is 0 Å². The van der Waals surface area contributed by atoms with Crippen LogP contribution in [0.5, 0.6) is 0 Å². The minimum absolute atomic E-state index is 0.481. The number of aliphatic hydroxyl groups excluding tert-OH is 2. The van der Waals surface area contributed by atoms with Crippen LogP contribution >= 0.6 is 0 Å². The first-order chi connectivity index (χ1) is 7.98. The second-order valence-electron chi connectivity index (χ2n) is 4.51. The Bertz CT molecular complexity index is 344. The molecule has 2 fully saturated rings. The van der Waals surface area contributed by atoms with Crippen molar-refractivity contribution in [1.29, 1.82) is 0 Å². The number of hydrogen-bond acceptors (Lipinski definition) is 6. The molecule has 0 radical (unpaired) electrons. The summed E-state index contributed by atoms with van der Waals surface area (Å²) in [4.78, 5) is 2.71. The maximum Gasteiger partial charge on any atom is 0.188 e. The number of azide groups is 1. The highest BCUT2D eigenvalue weighted by molar-refractivity contribution is 5.00. The zero-order valence-electron chi connectivity index (χ0n) is 9.55. The molecule has 2 heterocycles. The third-order valence-electron chi connectivity index (χ3n) is 2.80. The zero-order valence-corrected chi connectivity index (χ0v) is 9.55. The number of hydrogen-bond donors (Lipinski definition) is 2. The van der Waals surface area contributed by atoms with E-state index in [1.807, 2.05) is 0 Å². The summed E-state index contributed by atoms with van der Waals surface area (Å²) in [5.74, 6) is -0.812. The van der Waals surface area contributed by atoms with Crippen LogP contribution in [0.2, 0.25) is 0 Å². The Morgan fingerprint density at radius 1 is 1.47 bits per heavy atom. The summed E-state index contributed by atoms with van der Waals surface area (Å²) in [5.41, 5.74) is 8.51. The molecule has 8 heteroatoms. The van der Waals surface area contributed by atoms with Crippen LogP contribution in [0.3, 0.4) is 0 Å². The normalized spacial score (nSPS) is 40.7. The Morgan fingerprint density at radius 3 is 2.76 bits per heavy atom. The van der Waals surface area contributed by atoms with Gasteiger partial charge in [0.15, 0.2) is 12.1 Å². The molecular weight excluding hydrogens is 230 g/mol. The smallest absolute Gasteiger partial charge is 0.188 e. The van der Waals surface area contributed by atoms with Crippen LogP contribution in [0.1, 0.15) is 13.8 Å². The van der Waals surface area contributed by atoms with Crippen molar-refractivity contribution >= 4 is 0 Å². The van der Waals surface area contributed by atoms with Crippen molar-refractivity contribution in [3.05, 3.63) is 10.4 Å². The fourth-order valence-corrected chi connectivity index (χ4v) is 2.13. The number of fused-ring (bicyclic) bond motifs is 1. The van der Waals surface area contributed by atoms with Gasteiger partial charge in [0.1, 0.15) is 18.3 Å². The van der Waals surface area contributed by atoms with E-state index in [0.29, 0.717) is 0 Å². The van der Waals surface area contributed by atoms with Crippen LogP contribution in [-0.2, 0) is 14.2 Å². The predicted molar refractivity (Wildman–Crippen MR) is 54.7 cm³/mol. The number of rotatable bonds is 3. The molecule has 0 spiro atoms. The van der Waals surface area contributed by atoms with Crippen molar-refractivity contribution in [2.75, 3.05) is 6.61 Å². The van der Waals surface area contributed by atoms with Gasteiger partial charge in [0.05, 0.1) is 12.6 Å². The Kier molecular flexibility index (Phi) is 3.26. The predicted octanol–water partition coefficient (Wildman–Crippen LogP) is -0.105. The molecule has 2 N–H and O–H groups in total. The van der Waals surface area contributed by atoms with E-state index < -0.39 is 43.0 Å². The van der Waals surface area contributed by atoms with Crippen molar-refractivity contribution in [1.82, 2.24) is 0 Å². The summed E-state index contributed by atoms with van der Waals surface area (Å²) < 4.78 is 16.4. The number of aliphatic hydroxyl groups is 2. The second-order valence-corrected chi connectivity index (χ2v) is 4.51. The van der Waals surface area contributed by atoms with E-state index in [1.165, 1.54) is 0 Å². The van der Waals surface area contributed by atoms with E-state index >= 15 is 0 Å². The molecule has 2 rings (SSSR count). The molecule has 2 aliphatic rings. The fraction of sp³-hybridized carbons (Fsp3) is 1.00. The van der Waals surface area contributed by atoms with E-state index in [9.17, 15) is 5.11 Å². The molecule has 96 valence electrons. The third kappa shape index (κ3) is 2.23. The molecule has 0 aromatic rings. The van der Waals surface area contributed by atoms with Gasteiger partial charge in [-0.1, -0.05) is 5.11 Å². The average molecular weight is 245 g/mol. The molecule has 0 unspecified atom stereocenters. The quantitative estimate of drug-likeness (QED) is 0.409. The average Bonchev–Trinajstić information content (AvgIpc) is 2.72. The standard InChI is InChI=1S/C9H15N3O5/c1-9(2)16-7-5(11-12-10)6(4(14)3-13)15-8(7)17-9/h4-8,13-14H,3H2,1-2H3/t4-,5+,6+,7+,8+/m1/s1. The summed E-state index contributed by atoms with van der Waals surface area (Å²) in [6, 6.07) is -0.714. The highest BCUT2D eigenvalue weighted by Crippen LogP contribution is 2.39. The SMILES string of the molecule is CC1(C)O[C@@H]2O[C@@H]([C@H](O)CO)[C@H](N=[N+]=[N-])[C@@H]2O1.